The second-order valence-corrected chi connectivity index (χ2v) is 4.72. The minimum absolute atomic E-state index is 0.197. The van der Waals surface area contributed by atoms with Crippen LogP contribution in [0.15, 0.2) is 0 Å². The van der Waals surface area contributed by atoms with Crippen LogP contribution in [0, 0.1) is 5.41 Å². The van der Waals surface area contributed by atoms with Crippen LogP contribution in [0.5, 0.6) is 0 Å². The van der Waals surface area contributed by atoms with Crippen LogP contribution in [-0.4, -0.2) is 42.8 Å². The molecule has 0 aromatic carbocycles. The summed E-state index contributed by atoms with van der Waals surface area (Å²) in [6.07, 6.45) is 3.50. The maximum absolute atomic E-state index is 9.01. The smallest absolute Gasteiger partial charge is 0.0558 e. The van der Waals surface area contributed by atoms with Crippen LogP contribution in [0.3, 0.4) is 0 Å². The fourth-order valence-electron chi connectivity index (χ4n) is 1.65. The Morgan fingerprint density at radius 2 is 1.93 bits per heavy atom. The summed E-state index contributed by atoms with van der Waals surface area (Å²) in [5.41, 5.74) is 6.00. The number of nitrogens with zero attached hydrogens (tertiary/aromatic N) is 1. The first-order chi connectivity index (χ1) is 7.11. The lowest BCUT2D eigenvalue weighted by atomic mass is 9.87. The number of unbranched alkanes of at least 4 members (excludes halogenated alkanes) is 1. The topological polar surface area (TPSA) is 49.5 Å². The molecule has 0 aromatic heterocycles. The zero-order valence-corrected chi connectivity index (χ0v) is 10.6. The van der Waals surface area contributed by atoms with E-state index in [4.69, 9.17) is 10.8 Å². The molecular formula is C12H28N2O. The summed E-state index contributed by atoms with van der Waals surface area (Å²) in [6, 6.07) is 0. The summed E-state index contributed by atoms with van der Waals surface area (Å²) in [4.78, 5) is 2.33. The van der Waals surface area contributed by atoms with Gasteiger partial charge in [-0.15, -0.1) is 0 Å². The minimum Gasteiger partial charge on any atom is -0.395 e. The summed E-state index contributed by atoms with van der Waals surface area (Å²) < 4.78 is 0. The van der Waals surface area contributed by atoms with E-state index in [9.17, 15) is 0 Å². The van der Waals surface area contributed by atoms with Crippen molar-refractivity contribution in [2.75, 3.05) is 32.8 Å². The first-order valence-electron chi connectivity index (χ1n) is 6.15. The van der Waals surface area contributed by atoms with Crippen LogP contribution in [0.2, 0.25) is 0 Å². The van der Waals surface area contributed by atoms with Crippen molar-refractivity contribution in [3.63, 3.8) is 0 Å². The molecule has 0 fully saturated rings. The summed E-state index contributed by atoms with van der Waals surface area (Å²) in [7, 11) is 0. The molecule has 0 amide bonds. The average molecular weight is 216 g/mol. The normalized spacial score (nSPS) is 15.6. The molecule has 1 atom stereocenters. The van der Waals surface area contributed by atoms with Crippen molar-refractivity contribution in [1.82, 2.24) is 4.90 Å². The van der Waals surface area contributed by atoms with E-state index >= 15 is 0 Å². The lowest BCUT2D eigenvalue weighted by Gasteiger charge is -2.33. The molecule has 3 N–H and O–H groups in total. The van der Waals surface area contributed by atoms with E-state index in [0.717, 1.165) is 32.6 Å². The first kappa shape index (κ1) is 14.9. The molecule has 3 heteroatoms. The Morgan fingerprint density at radius 3 is 2.33 bits per heavy atom. The molecule has 1 unspecified atom stereocenters. The monoisotopic (exact) mass is 216 g/mol. The highest BCUT2D eigenvalue weighted by Gasteiger charge is 2.23. The largest absolute Gasteiger partial charge is 0.395 e. The Labute approximate surface area is 94.6 Å². The molecule has 0 heterocycles. The van der Waals surface area contributed by atoms with E-state index in [2.05, 4.69) is 25.7 Å². The van der Waals surface area contributed by atoms with E-state index in [1.54, 1.807) is 0 Å². The summed E-state index contributed by atoms with van der Waals surface area (Å²) in [5.74, 6) is 0. The molecule has 15 heavy (non-hydrogen) atoms. The van der Waals surface area contributed by atoms with Gasteiger partial charge in [-0.25, -0.2) is 0 Å². The molecule has 0 aliphatic rings. The van der Waals surface area contributed by atoms with Gasteiger partial charge in [0.2, 0.25) is 0 Å². The van der Waals surface area contributed by atoms with Gasteiger partial charge in [-0.05, 0) is 31.3 Å². The van der Waals surface area contributed by atoms with Crippen molar-refractivity contribution in [1.29, 1.82) is 0 Å². The maximum Gasteiger partial charge on any atom is 0.0558 e. The van der Waals surface area contributed by atoms with E-state index in [1.807, 2.05) is 0 Å². The molecule has 0 bridgehead atoms. The summed E-state index contributed by atoms with van der Waals surface area (Å²) >= 11 is 0. The van der Waals surface area contributed by atoms with Crippen molar-refractivity contribution in [3.8, 4) is 0 Å². The lowest BCUT2D eigenvalue weighted by Crippen LogP contribution is -2.41. The highest BCUT2D eigenvalue weighted by atomic mass is 16.3. The van der Waals surface area contributed by atoms with Gasteiger partial charge >= 0.3 is 0 Å². The zero-order chi connectivity index (χ0) is 11.7. The Hall–Kier alpha value is -0.120. The van der Waals surface area contributed by atoms with E-state index in [-0.39, 0.29) is 12.0 Å². The van der Waals surface area contributed by atoms with Crippen LogP contribution in [0.25, 0.3) is 0 Å². The van der Waals surface area contributed by atoms with E-state index < -0.39 is 0 Å². The molecule has 0 saturated heterocycles. The van der Waals surface area contributed by atoms with Gasteiger partial charge in [0.1, 0.15) is 0 Å². The van der Waals surface area contributed by atoms with Gasteiger partial charge in [0.05, 0.1) is 6.61 Å². The van der Waals surface area contributed by atoms with Crippen LogP contribution >= 0.6 is 0 Å². The Balaban J connectivity index is 4.11. The van der Waals surface area contributed by atoms with Gasteiger partial charge in [0.25, 0.3) is 0 Å². The van der Waals surface area contributed by atoms with Crippen LogP contribution in [0.4, 0.5) is 0 Å². The second-order valence-electron chi connectivity index (χ2n) is 4.72. The van der Waals surface area contributed by atoms with Gasteiger partial charge in [-0.2, -0.15) is 0 Å². The highest BCUT2D eigenvalue weighted by molar-refractivity contribution is 4.78. The molecule has 0 aliphatic carbocycles. The van der Waals surface area contributed by atoms with Crippen molar-refractivity contribution >= 4 is 0 Å². The highest BCUT2D eigenvalue weighted by Crippen LogP contribution is 2.20. The van der Waals surface area contributed by atoms with Crippen LogP contribution in [-0.2, 0) is 0 Å². The predicted octanol–water partition coefficient (Wildman–Crippen LogP) is 1.46. The Morgan fingerprint density at radius 1 is 1.27 bits per heavy atom. The molecule has 0 aliphatic heterocycles. The summed E-state index contributed by atoms with van der Waals surface area (Å²) in [6.45, 7) is 10.4. The number of hydrogen-bond donors (Lipinski definition) is 2. The molecule has 92 valence electrons. The number of hydrogen-bond acceptors (Lipinski definition) is 3. The lowest BCUT2D eigenvalue weighted by molar-refractivity contribution is 0.133. The number of aliphatic hydroxyl groups is 1. The summed E-state index contributed by atoms with van der Waals surface area (Å²) in [5, 5.41) is 9.01. The third-order valence-electron chi connectivity index (χ3n) is 3.20. The minimum atomic E-state index is 0.197. The number of aliphatic hydroxyl groups excluding tert-OH is 1. The molecule has 0 saturated carbocycles. The molecule has 0 radical (unpaired) electrons. The Kier molecular flexibility index (Phi) is 8.02. The van der Waals surface area contributed by atoms with Crippen molar-refractivity contribution in [3.05, 3.63) is 0 Å². The fourth-order valence-corrected chi connectivity index (χ4v) is 1.65. The molecular weight excluding hydrogens is 188 g/mol. The molecule has 0 aromatic rings. The van der Waals surface area contributed by atoms with Crippen molar-refractivity contribution in [2.24, 2.45) is 11.1 Å². The predicted molar refractivity (Wildman–Crippen MR) is 65.9 cm³/mol. The van der Waals surface area contributed by atoms with Gasteiger partial charge in [-0.3, -0.25) is 0 Å². The van der Waals surface area contributed by atoms with E-state index in [0.29, 0.717) is 0 Å². The third-order valence-corrected chi connectivity index (χ3v) is 3.20. The average Bonchev–Trinajstić information content (AvgIpc) is 2.26. The van der Waals surface area contributed by atoms with Crippen molar-refractivity contribution < 1.29 is 5.11 Å². The standard InChI is InChI=1S/C12H28N2O/c1-4-6-7-14(8-9-15)11-12(3,5-2)10-13/h15H,4-11,13H2,1-3H3. The van der Waals surface area contributed by atoms with Gasteiger partial charge < -0.3 is 15.7 Å². The molecule has 3 nitrogen and oxygen atoms in total. The number of rotatable bonds is 9. The van der Waals surface area contributed by atoms with Crippen LogP contribution in [0.1, 0.15) is 40.0 Å². The zero-order valence-electron chi connectivity index (χ0n) is 10.6. The molecule has 0 spiro atoms. The SMILES string of the molecule is CCCCN(CCO)CC(C)(CC)CN. The Bertz CT molecular complexity index is 147. The van der Waals surface area contributed by atoms with E-state index in [1.165, 1.54) is 12.8 Å². The van der Waals surface area contributed by atoms with Crippen LogP contribution < -0.4 is 5.73 Å². The van der Waals surface area contributed by atoms with Gasteiger partial charge in [0, 0.05) is 13.1 Å². The van der Waals surface area contributed by atoms with Gasteiger partial charge in [-0.1, -0.05) is 27.2 Å². The molecule has 0 rings (SSSR count). The quantitative estimate of drug-likeness (QED) is 0.613. The number of nitrogens with two attached hydrogens (primary N) is 1. The maximum atomic E-state index is 9.01. The van der Waals surface area contributed by atoms with Gasteiger partial charge in [0.15, 0.2) is 0 Å². The first-order valence-corrected chi connectivity index (χ1v) is 6.15. The fraction of sp³-hybridized carbons (Fsp3) is 1.00. The third kappa shape index (κ3) is 6.13. The van der Waals surface area contributed by atoms with Crippen molar-refractivity contribution in [2.45, 2.75) is 40.0 Å². The second kappa shape index (κ2) is 8.08.